The minimum Gasteiger partial charge on any atom is -0.282 e. The van der Waals surface area contributed by atoms with Crippen molar-refractivity contribution in [3.8, 4) is 0 Å². The van der Waals surface area contributed by atoms with Crippen LogP contribution < -0.4 is 0 Å². The lowest BCUT2D eigenvalue weighted by Crippen LogP contribution is -1.90. The highest BCUT2D eigenvalue weighted by atomic mass is 127. The predicted molar refractivity (Wildman–Crippen MR) is 49.8 cm³/mol. The molecule has 52 valence electrons. The van der Waals surface area contributed by atoms with Crippen LogP contribution in [0.5, 0.6) is 0 Å². The largest absolute Gasteiger partial charge is 0.282 e. The quantitative estimate of drug-likeness (QED) is 0.478. The van der Waals surface area contributed by atoms with Crippen LogP contribution >= 0.6 is 35.2 Å². The van der Waals surface area contributed by atoms with Crippen LogP contribution in [0.25, 0.3) is 0 Å². The number of carbonyl (C=O) groups excluding carboxylic acids is 1. The summed E-state index contributed by atoms with van der Waals surface area (Å²) >= 11 is 5.71. The zero-order valence-electron chi connectivity index (χ0n) is 4.91. The molecule has 0 saturated carbocycles. The van der Waals surface area contributed by atoms with Crippen molar-refractivity contribution in [3.63, 3.8) is 0 Å². The minimum absolute atomic E-state index is 0.0318. The van der Waals surface area contributed by atoms with Gasteiger partial charge in [-0.05, 0) is 12.1 Å². The van der Waals surface area contributed by atoms with Gasteiger partial charge >= 0.3 is 0 Å². The maximum absolute atomic E-state index is 10.8. The van der Waals surface area contributed by atoms with Crippen LogP contribution in [0.3, 0.4) is 0 Å². The number of nitrogens with zero attached hydrogens (tertiary/aromatic N) is 1. The standard InChI is InChI=1S/C6H4INOS/c7-5(9)4-2-1-3-8-6(4)10/h1-3H,(H,8,10). The molecule has 4 heteroatoms. The number of pyridine rings is 1. The first-order chi connectivity index (χ1) is 4.72. The Kier molecular flexibility index (Phi) is 2.67. The van der Waals surface area contributed by atoms with Gasteiger partial charge in [0, 0.05) is 28.8 Å². The van der Waals surface area contributed by atoms with Crippen LogP contribution in [-0.4, -0.2) is 8.77 Å². The lowest BCUT2D eigenvalue weighted by molar-refractivity contribution is 0.110. The van der Waals surface area contributed by atoms with Crippen molar-refractivity contribution in [1.82, 2.24) is 4.98 Å². The van der Waals surface area contributed by atoms with Gasteiger partial charge in [0.15, 0.2) is 0 Å². The molecule has 0 fully saturated rings. The van der Waals surface area contributed by atoms with Crippen molar-refractivity contribution in [2.24, 2.45) is 0 Å². The third-order valence-electron chi connectivity index (χ3n) is 0.998. The van der Waals surface area contributed by atoms with Crippen molar-refractivity contribution in [2.75, 3.05) is 0 Å². The first-order valence-electron chi connectivity index (χ1n) is 2.55. The van der Waals surface area contributed by atoms with E-state index < -0.39 is 0 Å². The van der Waals surface area contributed by atoms with Gasteiger partial charge < -0.3 is 0 Å². The van der Waals surface area contributed by atoms with Gasteiger partial charge in [-0.15, -0.1) is 12.6 Å². The molecule has 0 atom stereocenters. The summed E-state index contributed by atoms with van der Waals surface area (Å²) in [6, 6.07) is 3.41. The van der Waals surface area contributed by atoms with E-state index in [4.69, 9.17) is 0 Å². The zero-order valence-corrected chi connectivity index (χ0v) is 7.96. The second-order valence-electron chi connectivity index (χ2n) is 1.65. The zero-order chi connectivity index (χ0) is 7.56. The van der Waals surface area contributed by atoms with E-state index in [9.17, 15) is 4.79 Å². The second-order valence-corrected chi connectivity index (χ2v) is 3.05. The average molecular weight is 265 g/mol. The van der Waals surface area contributed by atoms with E-state index in [1.165, 1.54) is 0 Å². The van der Waals surface area contributed by atoms with Gasteiger partial charge in [-0.1, -0.05) is 0 Å². The summed E-state index contributed by atoms with van der Waals surface area (Å²) in [5.41, 5.74) is 0.562. The molecule has 0 radical (unpaired) electrons. The fourth-order valence-corrected chi connectivity index (χ4v) is 1.44. The van der Waals surface area contributed by atoms with E-state index >= 15 is 0 Å². The molecular formula is C6H4INOS. The lowest BCUT2D eigenvalue weighted by atomic mass is 10.3. The molecule has 0 aliphatic rings. The van der Waals surface area contributed by atoms with Crippen molar-refractivity contribution in [2.45, 2.75) is 5.03 Å². The van der Waals surface area contributed by atoms with Crippen LogP contribution in [0, 0.1) is 0 Å². The number of carbonyl (C=O) groups is 1. The summed E-state index contributed by atoms with van der Waals surface area (Å²) in [5.74, 6) is 0. The Morgan fingerprint density at radius 1 is 1.70 bits per heavy atom. The number of hydrogen-bond acceptors (Lipinski definition) is 3. The summed E-state index contributed by atoms with van der Waals surface area (Å²) in [5, 5.41) is 0.488. The average Bonchev–Trinajstić information content (AvgIpc) is 1.88. The lowest BCUT2D eigenvalue weighted by Gasteiger charge is -1.94. The van der Waals surface area contributed by atoms with E-state index in [0.717, 1.165) is 0 Å². The highest BCUT2D eigenvalue weighted by molar-refractivity contribution is 14.1. The Balaban J connectivity index is 3.15. The molecule has 0 saturated heterocycles. The monoisotopic (exact) mass is 265 g/mol. The minimum atomic E-state index is -0.0318. The van der Waals surface area contributed by atoms with Crippen LogP contribution in [0.4, 0.5) is 0 Å². The van der Waals surface area contributed by atoms with E-state index in [0.29, 0.717) is 10.6 Å². The van der Waals surface area contributed by atoms with E-state index in [2.05, 4.69) is 17.6 Å². The normalized spacial score (nSPS) is 9.40. The van der Waals surface area contributed by atoms with Gasteiger partial charge in [0.1, 0.15) is 5.03 Å². The van der Waals surface area contributed by atoms with Crippen molar-refractivity contribution in [3.05, 3.63) is 23.9 Å². The topological polar surface area (TPSA) is 30.0 Å². The van der Waals surface area contributed by atoms with Gasteiger partial charge in [-0.25, -0.2) is 4.98 Å². The molecule has 10 heavy (non-hydrogen) atoms. The number of thiol groups is 1. The number of rotatable bonds is 1. The third-order valence-corrected chi connectivity index (χ3v) is 1.94. The molecule has 0 aliphatic heterocycles. The summed E-state index contributed by atoms with van der Waals surface area (Å²) in [6.45, 7) is 0. The van der Waals surface area contributed by atoms with E-state index in [1.54, 1.807) is 40.9 Å². The molecule has 0 spiro atoms. The highest BCUT2D eigenvalue weighted by Crippen LogP contribution is 2.12. The summed E-state index contributed by atoms with van der Waals surface area (Å²) < 4.78 is -0.0318. The Bertz CT molecular complexity index is 264. The van der Waals surface area contributed by atoms with Gasteiger partial charge in [0.05, 0.1) is 5.56 Å². The fraction of sp³-hybridized carbons (Fsp3) is 0. The van der Waals surface area contributed by atoms with Gasteiger partial charge in [-0.3, -0.25) is 4.79 Å². The van der Waals surface area contributed by atoms with Gasteiger partial charge in [0.2, 0.25) is 3.79 Å². The van der Waals surface area contributed by atoms with Crippen molar-refractivity contribution in [1.29, 1.82) is 0 Å². The fourth-order valence-electron chi connectivity index (χ4n) is 0.550. The Labute approximate surface area is 77.6 Å². The molecule has 0 aromatic carbocycles. The van der Waals surface area contributed by atoms with E-state index in [-0.39, 0.29) is 3.79 Å². The summed E-state index contributed by atoms with van der Waals surface area (Å²) in [7, 11) is 0. The number of aromatic nitrogens is 1. The molecule has 1 heterocycles. The second kappa shape index (κ2) is 3.34. The SMILES string of the molecule is O=C(I)c1cccnc1S. The van der Waals surface area contributed by atoms with Crippen LogP contribution in [0.2, 0.25) is 0 Å². The summed E-state index contributed by atoms with van der Waals surface area (Å²) in [4.78, 5) is 14.6. The molecule has 1 aromatic heterocycles. The van der Waals surface area contributed by atoms with E-state index in [1.807, 2.05) is 0 Å². The molecule has 0 aliphatic carbocycles. The number of halogens is 1. The third kappa shape index (κ3) is 1.69. The predicted octanol–water partition coefficient (Wildman–Crippen LogP) is 1.95. The molecule has 0 N–H and O–H groups in total. The van der Waals surface area contributed by atoms with Crippen molar-refractivity contribution >= 4 is 39.0 Å². The maximum Gasteiger partial charge on any atom is 0.225 e. The molecule has 0 amide bonds. The summed E-state index contributed by atoms with van der Waals surface area (Å²) in [6.07, 6.45) is 1.60. The molecule has 0 bridgehead atoms. The molecule has 0 unspecified atom stereocenters. The highest BCUT2D eigenvalue weighted by Gasteiger charge is 2.03. The van der Waals surface area contributed by atoms with Crippen molar-refractivity contribution < 1.29 is 4.79 Å². The maximum atomic E-state index is 10.8. The Morgan fingerprint density at radius 3 is 2.80 bits per heavy atom. The molecule has 2 nitrogen and oxygen atoms in total. The Hall–Kier alpha value is -0.100. The first-order valence-corrected chi connectivity index (χ1v) is 4.08. The van der Waals surface area contributed by atoms with Gasteiger partial charge in [0.25, 0.3) is 0 Å². The van der Waals surface area contributed by atoms with Crippen LogP contribution in [-0.2, 0) is 0 Å². The number of hydrogen-bond donors (Lipinski definition) is 1. The smallest absolute Gasteiger partial charge is 0.225 e. The molecule has 1 rings (SSSR count). The van der Waals surface area contributed by atoms with Crippen LogP contribution in [0.1, 0.15) is 10.4 Å². The van der Waals surface area contributed by atoms with Gasteiger partial charge in [-0.2, -0.15) is 0 Å². The van der Waals surface area contributed by atoms with Crippen LogP contribution in [0.15, 0.2) is 23.4 Å². The molecule has 1 aromatic rings. The first kappa shape index (κ1) is 8.00. The molecular weight excluding hydrogens is 261 g/mol. The Morgan fingerprint density at radius 2 is 2.40 bits per heavy atom.